The Balaban J connectivity index is 1.26. The Morgan fingerprint density at radius 3 is 2.51 bits per heavy atom. The lowest BCUT2D eigenvalue weighted by Gasteiger charge is -2.33. The van der Waals surface area contributed by atoms with Gasteiger partial charge in [-0.15, -0.1) is 0 Å². The molecular weight excluding hydrogens is 471 g/mol. The minimum absolute atomic E-state index is 0.255. The standard InChI is InChI=1S/C26H28ClFN4O3/c1-35-26(34)31-15-14-30(25(31)33)13-12-29-10-8-18(9-11-29)23-17-32(21-5-3-20(28)4-6-21)24-7-2-19(27)16-22(23)24/h2-7,16-18H,8-15H2,1H3. The number of aromatic nitrogens is 1. The van der Waals surface area contributed by atoms with Gasteiger partial charge in [0.15, 0.2) is 0 Å². The molecule has 2 aromatic carbocycles. The molecule has 0 spiro atoms. The average Bonchev–Trinajstić information content (AvgIpc) is 3.43. The van der Waals surface area contributed by atoms with Gasteiger partial charge in [0.2, 0.25) is 0 Å². The normalized spacial score (nSPS) is 17.5. The van der Waals surface area contributed by atoms with E-state index in [4.69, 9.17) is 11.6 Å². The third kappa shape index (κ3) is 4.73. The summed E-state index contributed by atoms with van der Waals surface area (Å²) in [6.45, 7) is 4.13. The molecule has 0 aliphatic carbocycles. The molecule has 3 amide bonds. The lowest BCUT2D eigenvalue weighted by molar-refractivity contribution is 0.132. The van der Waals surface area contributed by atoms with Gasteiger partial charge in [0.1, 0.15) is 5.82 Å². The first-order chi connectivity index (χ1) is 16.9. The van der Waals surface area contributed by atoms with Gasteiger partial charge in [0.05, 0.1) is 19.2 Å². The lowest BCUT2D eigenvalue weighted by atomic mass is 9.89. The van der Waals surface area contributed by atoms with Gasteiger partial charge < -0.3 is 19.1 Å². The second kappa shape index (κ2) is 9.87. The second-order valence-corrected chi connectivity index (χ2v) is 9.54. The first-order valence-electron chi connectivity index (χ1n) is 11.9. The third-order valence-corrected chi connectivity index (χ3v) is 7.34. The molecule has 3 heterocycles. The van der Waals surface area contributed by atoms with Gasteiger partial charge in [-0.25, -0.2) is 18.9 Å². The van der Waals surface area contributed by atoms with Crippen LogP contribution < -0.4 is 0 Å². The summed E-state index contributed by atoms with van der Waals surface area (Å²) in [6.07, 6.45) is 3.56. The monoisotopic (exact) mass is 498 g/mol. The molecule has 7 nitrogen and oxygen atoms in total. The summed E-state index contributed by atoms with van der Waals surface area (Å²) >= 11 is 6.35. The summed E-state index contributed by atoms with van der Waals surface area (Å²) < 4.78 is 20.3. The van der Waals surface area contributed by atoms with E-state index in [0.29, 0.717) is 30.6 Å². The predicted octanol–water partition coefficient (Wildman–Crippen LogP) is 5.11. The van der Waals surface area contributed by atoms with Crippen molar-refractivity contribution in [3.8, 4) is 5.69 Å². The largest absolute Gasteiger partial charge is 0.452 e. The highest BCUT2D eigenvalue weighted by molar-refractivity contribution is 6.31. The molecule has 35 heavy (non-hydrogen) atoms. The zero-order chi connectivity index (χ0) is 24.5. The number of urea groups is 1. The van der Waals surface area contributed by atoms with Crippen molar-refractivity contribution in [2.24, 2.45) is 0 Å². The van der Waals surface area contributed by atoms with Crippen LogP contribution in [0.2, 0.25) is 5.02 Å². The van der Waals surface area contributed by atoms with Crippen LogP contribution in [0, 0.1) is 5.82 Å². The molecular formula is C26H28ClFN4O3. The summed E-state index contributed by atoms with van der Waals surface area (Å²) in [5, 5.41) is 1.83. The van der Waals surface area contributed by atoms with Gasteiger partial charge in [0.25, 0.3) is 0 Å². The van der Waals surface area contributed by atoms with Crippen molar-refractivity contribution < 1.29 is 18.7 Å². The van der Waals surface area contributed by atoms with Crippen LogP contribution in [0.25, 0.3) is 16.6 Å². The van der Waals surface area contributed by atoms with E-state index in [-0.39, 0.29) is 11.8 Å². The molecule has 2 fully saturated rings. The van der Waals surface area contributed by atoms with E-state index in [0.717, 1.165) is 54.0 Å². The Morgan fingerprint density at radius 2 is 1.80 bits per heavy atom. The van der Waals surface area contributed by atoms with Crippen LogP contribution in [-0.4, -0.2) is 77.8 Å². The highest BCUT2D eigenvalue weighted by Gasteiger charge is 2.34. The van der Waals surface area contributed by atoms with Gasteiger partial charge in [-0.05, 0) is 79.9 Å². The number of rotatable bonds is 5. The molecule has 0 unspecified atom stereocenters. The van der Waals surface area contributed by atoms with Crippen LogP contribution in [-0.2, 0) is 4.74 Å². The highest BCUT2D eigenvalue weighted by Crippen LogP contribution is 2.37. The van der Waals surface area contributed by atoms with Crippen molar-refractivity contribution in [2.45, 2.75) is 18.8 Å². The number of hydrogen-bond acceptors (Lipinski definition) is 4. The molecule has 0 atom stereocenters. The number of benzene rings is 2. The van der Waals surface area contributed by atoms with E-state index in [2.05, 4.69) is 20.4 Å². The molecule has 2 aliphatic heterocycles. The number of carbonyl (C=O) groups is 2. The number of nitrogens with zero attached hydrogens (tertiary/aromatic N) is 4. The zero-order valence-electron chi connectivity index (χ0n) is 19.6. The topological polar surface area (TPSA) is 58.0 Å². The Bertz CT molecular complexity index is 1240. The molecule has 0 N–H and O–H groups in total. The van der Waals surface area contributed by atoms with Gasteiger partial charge in [-0.2, -0.15) is 0 Å². The van der Waals surface area contributed by atoms with E-state index >= 15 is 0 Å². The van der Waals surface area contributed by atoms with E-state index in [9.17, 15) is 14.0 Å². The smallest absolute Gasteiger partial charge is 0.417 e. The zero-order valence-corrected chi connectivity index (χ0v) is 20.4. The molecule has 2 saturated heterocycles. The Kier molecular flexibility index (Phi) is 6.67. The van der Waals surface area contributed by atoms with Crippen LogP contribution in [0.3, 0.4) is 0 Å². The van der Waals surface area contributed by atoms with Gasteiger partial charge in [0, 0.05) is 41.9 Å². The maximum Gasteiger partial charge on any atom is 0.417 e. The summed E-state index contributed by atoms with van der Waals surface area (Å²) in [4.78, 5) is 29.3. The Hall–Kier alpha value is -3.10. The Morgan fingerprint density at radius 1 is 1.06 bits per heavy atom. The molecule has 3 aromatic rings. The van der Waals surface area contributed by atoms with Crippen LogP contribution in [0.4, 0.5) is 14.0 Å². The fourth-order valence-corrected chi connectivity index (χ4v) is 5.34. The number of ether oxygens (including phenoxy) is 1. The fraction of sp³-hybridized carbons (Fsp3) is 0.385. The van der Waals surface area contributed by atoms with E-state index < -0.39 is 6.09 Å². The minimum atomic E-state index is -0.599. The van der Waals surface area contributed by atoms with E-state index in [1.807, 2.05) is 18.2 Å². The summed E-state index contributed by atoms with van der Waals surface area (Å²) in [6, 6.07) is 12.2. The van der Waals surface area contributed by atoms with Crippen molar-refractivity contribution >= 4 is 34.6 Å². The third-order valence-electron chi connectivity index (χ3n) is 7.11. The molecule has 1 aromatic heterocycles. The van der Waals surface area contributed by atoms with E-state index in [1.54, 1.807) is 17.0 Å². The fourth-order valence-electron chi connectivity index (χ4n) is 5.17. The van der Waals surface area contributed by atoms with Gasteiger partial charge in [-0.1, -0.05) is 11.6 Å². The van der Waals surface area contributed by atoms with Crippen molar-refractivity contribution in [3.05, 3.63) is 65.1 Å². The van der Waals surface area contributed by atoms with Crippen LogP contribution >= 0.6 is 11.6 Å². The molecule has 9 heteroatoms. The molecule has 0 saturated carbocycles. The number of fused-ring (bicyclic) bond motifs is 1. The molecule has 0 radical (unpaired) electrons. The highest BCUT2D eigenvalue weighted by atomic mass is 35.5. The van der Waals surface area contributed by atoms with Crippen molar-refractivity contribution in [1.29, 1.82) is 0 Å². The van der Waals surface area contributed by atoms with Gasteiger partial charge in [-0.3, -0.25) is 0 Å². The number of amides is 3. The van der Waals surface area contributed by atoms with Crippen LogP contribution in [0.1, 0.15) is 24.3 Å². The van der Waals surface area contributed by atoms with Gasteiger partial charge >= 0.3 is 12.1 Å². The van der Waals surface area contributed by atoms with Crippen molar-refractivity contribution in [2.75, 3.05) is 46.4 Å². The maximum atomic E-state index is 13.5. The lowest BCUT2D eigenvalue weighted by Crippen LogP contribution is -2.41. The van der Waals surface area contributed by atoms with E-state index in [1.165, 1.54) is 24.8 Å². The molecule has 0 bridgehead atoms. The molecule has 184 valence electrons. The van der Waals surface area contributed by atoms with Crippen LogP contribution in [0.5, 0.6) is 0 Å². The molecule has 5 rings (SSSR count). The first kappa shape index (κ1) is 23.6. The quantitative estimate of drug-likeness (QED) is 0.490. The number of methoxy groups -OCH3 is 1. The Labute approximate surface area is 208 Å². The number of halogens is 2. The summed E-state index contributed by atoms with van der Waals surface area (Å²) in [5.41, 5.74) is 3.23. The number of carbonyl (C=O) groups excluding carboxylic acids is 2. The number of piperidine rings is 1. The SMILES string of the molecule is COC(=O)N1CCN(CCN2CCC(c3cn(-c4ccc(F)cc4)c4ccc(Cl)cc34)CC2)C1=O. The number of hydrogen-bond donors (Lipinski definition) is 0. The molecule has 2 aliphatic rings. The number of likely N-dealkylation sites (tertiary alicyclic amines) is 1. The predicted molar refractivity (Wildman–Crippen MR) is 133 cm³/mol. The summed E-state index contributed by atoms with van der Waals surface area (Å²) in [7, 11) is 1.29. The maximum absolute atomic E-state index is 13.5. The minimum Gasteiger partial charge on any atom is -0.452 e. The second-order valence-electron chi connectivity index (χ2n) is 9.10. The van der Waals surface area contributed by atoms with Crippen LogP contribution in [0.15, 0.2) is 48.7 Å². The van der Waals surface area contributed by atoms with Crippen molar-refractivity contribution in [3.63, 3.8) is 0 Å². The number of imide groups is 1. The average molecular weight is 499 g/mol. The van der Waals surface area contributed by atoms with Crippen molar-refractivity contribution in [1.82, 2.24) is 19.3 Å². The summed E-state index contributed by atoms with van der Waals surface area (Å²) in [5.74, 6) is 0.131. The first-order valence-corrected chi connectivity index (χ1v) is 12.3.